The third-order valence-corrected chi connectivity index (χ3v) is 4.70. The van der Waals surface area contributed by atoms with Crippen molar-refractivity contribution in [2.75, 3.05) is 0 Å². The SMILES string of the molecule is CC(c1ccc2ccccc2c1)N(OC(C)(C)C)C(=O)CCc1ccccc1. The summed E-state index contributed by atoms with van der Waals surface area (Å²) >= 11 is 0. The zero-order valence-electron chi connectivity index (χ0n) is 17.2. The molecule has 1 amide bonds. The average molecular weight is 376 g/mol. The van der Waals surface area contributed by atoms with Crippen molar-refractivity contribution in [3.8, 4) is 0 Å². The van der Waals surface area contributed by atoms with Gasteiger partial charge in [0.1, 0.15) is 0 Å². The molecule has 0 aliphatic heterocycles. The average Bonchev–Trinajstić information content (AvgIpc) is 2.69. The van der Waals surface area contributed by atoms with Gasteiger partial charge in [0.15, 0.2) is 0 Å². The molecular weight excluding hydrogens is 346 g/mol. The first-order valence-electron chi connectivity index (χ1n) is 9.87. The molecule has 0 N–H and O–H groups in total. The van der Waals surface area contributed by atoms with Crippen LogP contribution in [0.2, 0.25) is 0 Å². The number of fused-ring (bicyclic) bond motifs is 1. The molecule has 0 bridgehead atoms. The second-order valence-electron chi connectivity index (χ2n) is 8.19. The molecular formula is C25H29NO2. The summed E-state index contributed by atoms with van der Waals surface area (Å²) in [6.45, 7) is 7.93. The Bertz CT molecular complexity index is 928. The van der Waals surface area contributed by atoms with Crippen LogP contribution in [0.3, 0.4) is 0 Å². The van der Waals surface area contributed by atoms with Gasteiger partial charge in [-0.2, -0.15) is 0 Å². The molecule has 3 aromatic rings. The third-order valence-electron chi connectivity index (χ3n) is 4.70. The molecule has 0 radical (unpaired) electrons. The fourth-order valence-electron chi connectivity index (χ4n) is 3.25. The van der Waals surface area contributed by atoms with Crippen molar-refractivity contribution in [3.05, 3.63) is 83.9 Å². The number of hydroxylamine groups is 2. The molecule has 146 valence electrons. The van der Waals surface area contributed by atoms with Gasteiger partial charge in [-0.3, -0.25) is 9.63 Å². The topological polar surface area (TPSA) is 29.5 Å². The van der Waals surface area contributed by atoms with E-state index in [1.807, 2.05) is 58.0 Å². The lowest BCUT2D eigenvalue weighted by atomic mass is 10.0. The Labute approximate surface area is 167 Å². The first kappa shape index (κ1) is 20.1. The van der Waals surface area contributed by atoms with E-state index in [1.54, 1.807) is 5.06 Å². The van der Waals surface area contributed by atoms with Gasteiger partial charge in [-0.1, -0.05) is 66.7 Å². The van der Waals surface area contributed by atoms with E-state index in [0.29, 0.717) is 12.8 Å². The van der Waals surface area contributed by atoms with E-state index in [4.69, 9.17) is 4.84 Å². The van der Waals surface area contributed by atoms with Crippen LogP contribution in [0.4, 0.5) is 0 Å². The normalized spacial score (nSPS) is 12.7. The fourth-order valence-corrected chi connectivity index (χ4v) is 3.25. The van der Waals surface area contributed by atoms with E-state index in [9.17, 15) is 4.79 Å². The van der Waals surface area contributed by atoms with Crippen LogP contribution in [-0.4, -0.2) is 16.6 Å². The van der Waals surface area contributed by atoms with Gasteiger partial charge in [-0.05, 0) is 62.1 Å². The molecule has 3 heteroatoms. The van der Waals surface area contributed by atoms with Gasteiger partial charge in [-0.25, -0.2) is 5.06 Å². The number of aryl methyl sites for hydroxylation is 1. The van der Waals surface area contributed by atoms with Crippen molar-refractivity contribution in [2.45, 2.75) is 52.2 Å². The number of hydrogen-bond donors (Lipinski definition) is 0. The van der Waals surface area contributed by atoms with Crippen molar-refractivity contribution in [1.29, 1.82) is 0 Å². The second kappa shape index (κ2) is 8.57. The van der Waals surface area contributed by atoms with Crippen LogP contribution in [0, 0.1) is 0 Å². The Morgan fingerprint density at radius 3 is 2.25 bits per heavy atom. The van der Waals surface area contributed by atoms with Crippen molar-refractivity contribution in [1.82, 2.24) is 5.06 Å². The highest BCUT2D eigenvalue weighted by atomic mass is 16.7. The highest BCUT2D eigenvalue weighted by molar-refractivity contribution is 5.83. The quantitative estimate of drug-likeness (QED) is 0.488. The Kier molecular flexibility index (Phi) is 6.15. The number of benzene rings is 3. The molecule has 28 heavy (non-hydrogen) atoms. The van der Waals surface area contributed by atoms with Gasteiger partial charge in [0, 0.05) is 6.42 Å². The Morgan fingerprint density at radius 2 is 1.57 bits per heavy atom. The fraction of sp³-hybridized carbons (Fsp3) is 0.320. The number of carbonyl (C=O) groups excluding carboxylic acids is 1. The smallest absolute Gasteiger partial charge is 0.247 e. The molecule has 0 aromatic heterocycles. The molecule has 0 heterocycles. The highest BCUT2D eigenvalue weighted by Crippen LogP contribution is 2.28. The van der Waals surface area contributed by atoms with E-state index in [-0.39, 0.29) is 11.9 Å². The summed E-state index contributed by atoms with van der Waals surface area (Å²) in [5.74, 6) is -0.000522. The number of hydrogen-bond acceptors (Lipinski definition) is 2. The van der Waals surface area contributed by atoms with Crippen molar-refractivity contribution < 1.29 is 9.63 Å². The zero-order valence-corrected chi connectivity index (χ0v) is 17.2. The summed E-state index contributed by atoms with van der Waals surface area (Å²) in [6.07, 6.45) is 1.12. The highest BCUT2D eigenvalue weighted by Gasteiger charge is 2.27. The van der Waals surface area contributed by atoms with Crippen LogP contribution in [0.1, 0.15) is 51.3 Å². The number of carbonyl (C=O) groups is 1. The predicted octanol–water partition coefficient (Wildman–Crippen LogP) is 6.09. The minimum Gasteiger partial charge on any atom is -0.273 e. The van der Waals surface area contributed by atoms with Crippen LogP contribution in [0.25, 0.3) is 10.8 Å². The van der Waals surface area contributed by atoms with E-state index in [1.165, 1.54) is 10.8 Å². The molecule has 1 unspecified atom stereocenters. The van der Waals surface area contributed by atoms with Crippen LogP contribution < -0.4 is 0 Å². The van der Waals surface area contributed by atoms with E-state index >= 15 is 0 Å². The molecule has 0 saturated carbocycles. The maximum atomic E-state index is 13.1. The van der Waals surface area contributed by atoms with Crippen LogP contribution >= 0.6 is 0 Å². The molecule has 3 nitrogen and oxygen atoms in total. The summed E-state index contributed by atoms with van der Waals surface area (Å²) in [5, 5.41) is 3.92. The molecule has 0 fully saturated rings. The summed E-state index contributed by atoms with van der Waals surface area (Å²) in [7, 11) is 0. The van der Waals surface area contributed by atoms with Crippen LogP contribution in [0.5, 0.6) is 0 Å². The Hall–Kier alpha value is -2.65. The van der Waals surface area contributed by atoms with Crippen LogP contribution in [-0.2, 0) is 16.1 Å². The standard InChI is InChI=1S/C25H29NO2/c1-19(22-16-15-21-12-8-9-13-23(21)18-22)26(28-25(2,3)4)24(27)17-14-20-10-6-5-7-11-20/h5-13,15-16,18-19H,14,17H2,1-4H3. The maximum absolute atomic E-state index is 13.1. The summed E-state index contributed by atoms with van der Waals surface area (Å²) < 4.78 is 0. The van der Waals surface area contributed by atoms with Gasteiger partial charge in [0.2, 0.25) is 5.91 Å². The van der Waals surface area contributed by atoms with Crippen molar-refractivity contribution in [3.63, 3.8) is 0 Å². The van der Waals surface area contributed by atoms with Gasteiger partial charge in [-0.15, -0.1) is 0 Å². The molecule has 0 spiro atoms. The molecule has 1 atom stereocenters. The van der Waals surface area contributed by atoms with Gasteiger partial charge in [0.05, 0.1) is 11.6 Å². The number of amides is 1. The first-order chi connectivity index (χ1) is 13.3. The van der Waals surface area contributed by atoms with Gasteiger partial charge >= 0.3 is 0 Å². The number of rotatable bonds is 6. The predicted molar refractivity (Wildman–Crippen MR) is 115 cm³/mol. The van der Waals surface area contributed by atoms with Gasteiger partial charge < -0.3 is 0 Å². The van der Waals surface area contributed by atoms with Gasteiger partial charge in [0.25, 0.3) is 0 Å². The molecule has 0 aliphatic rings. The minimum absolute atomic E-state index is 0.000522. The zero-order chi connectivity index (χ0) is 20.1. The van der Waals surface area contributed by atoms with E-state index < -0.39 is 5.60 Å². The first-order valence-corrected chi connectivity index (χ1v) is 9.87. The molecule has 0 aliphatic carbocycles. The summed E-state index contributed by atoms with van der Waals surface area (Å²) in [6, 6.07) is 24.5. The molecule has 3 aromatic carbocycles. The van der Waals surface area contributed by atoms with E-state index in [0.717, 1.165) is 11.1 Å². The second-order valence-corrected chi connectivity index (χ2v) is 8.19. The largest absolute Gasteiger partial charge is 0.273 e. The van der Waals surface area contributed by atoms with E-state index in [2.05, 4.69) is 42.5 Å². The van der Waals surface area contributed by atoms with Crippen LogP contribution in [0.15, 0.2) is 72.8 Å². The Balaban J connectivity index is 1.81. The Morgan fingerprint density at radius 1 is 0.929 bits per heavy atom. The lowest BCUT2D eigenvalue weighted by molar-refractivity contribution is -0.242. The minimum atomic E-state index is -0.451. The third kappa shape index (κ3) is 5.20. The van der Waals surface area contributed by atoms with Crippen molar-refractivity contribution in [2.24, 2.45) is 0 Å². The summed E-state index contributed by atoms with van der Waals surface area (Å²) in [4.78, 5) is 19.2. The lowest BCUT2D eigenvalue weighted by Crippen LogP contribution is -2.40. The maximum Gasteiger partial charge on any atom is 0.247 e. The lowest BCUT2D eigenvalue weighted by Gasteiger charge is -2.34. The summed E-state index contributed by atoms with van der Waals surface area (Å²) in [5.41, 5.74) is 1.77. The number of nitrogens with zero attached hydrogens (tertiary/aromatic N) is 1. The van der Waals surface area contributed by atoms with Crippen molar-refractivity contribution >= 4 is 16.7 Å². The molecule has 0 saturated heterocycles. The molecule has 3 rings (SSSR count). The monoisotopic (exact) mass is 375 g/mol.